The topological polar surface area (TPSA) is 32.3 Å². The van der Waals surface area contributed by atoms with E-state index in [-0.39, 0.29) is 11.8 Å². The first-order chi connectivity index (χ1) is 12.8. The summed E-state index contributed by atoms with van der Waals surface area (Å²) in [5.41, 5.74) is 0.846. The van der Waals surface area contributed by atoms with Crippen LogP contribution in [0.15, 0.2) is 53.0 Å². The Morgan fingerprint density at radius 2 is 1.78 bits per heavy atom. The maximum absolute atomic E-state index is 12.6. The second kappa shape index (κ2) is 8.44. The molecule has 1 unspecified atom stereocenters. The molecule has 0 saturated carbocycles. The van der Waals surface area contributed by atoms with E-state index < -0.39 is 11.7 Å². The summed E-state index contributed by atoms with van der Waals surface area (Å²) in [5, 5.41) is 2.74. The lowest BCUT2D eigenvalue weighted by Crippen LogP contribution is -2.40. The lowest BCUT2D eigenvalue weighted by Gasteiger charge is -2.32. The molecule has 0 bridgehead atoms. The van der Waals surface area contributed by atoms with E-state index in [0.717, 1.165) is 42.5 Å². The highest BCUT2D eigenvalue weighted by Crippen LogP contribution is 2.30. The minimum Gasteiger partial charge on any atom is -0.326 e. The number of nitrogens with one attached hydrogen (secondary N) is 1. The molecule has 1 aliphatic heterocycles. The van der Waals surface area contributed by atoms with Crippen LogP contribution in [0, 0.1) is 5.92 Å². The van der Waals surface area contributed by atoms with Crippen molar-refractivity contribution in [2.45, 2.75) is 25.6 Å². The number of halogens is 4. The van der Waals surface area contributed by atoms with Crippen LogP contribution in [0.25, 0.3) is 0 Å². The molecular formula is C20H20BrF3N2O. The average Bonchev–Trinajstić information content (AvgIpc) is 2.63. The number of benzene rings is 2. The van der Waals surface area contributed by atoms with E-state index in [4.69, 9.17) is 0 Å². The minimum absolute atomic E-state index is 0.143. The summed E-state index contributed by atoms with van der Waals surface area (Å²) in [6.45, 7) is 2.35. The van der Waals surface area contributed by atoms with Crippen molar-refractivity contribution < 1.29 is 18.0 Å². The third-order valence-electron chi connectivity index (χ3n) is 4.68. The largest absolute Gasteiger partial charge is 0.416 e. The zero-order chi connectivity index (χ0) is 19.4. The zero-order valence-corrected chi connectivity index (χ0v) is 16.2. The van der Waals surface area contributed by atoms with E-state index in [0.29, 0.717) is 12.2 Å². The quantitative estimate of drug-likeness (QED) is 0.697. The van der Waals surface area contributed by atoms with Gasteiger partial charge >= 0.3 is 6.18 Å². The highest BCUT2D eigenvalue weighted by Gasteiger charge is 2.30. The minimum atomic E-state index is -4.38. The van der Waals surface area contributed by atoms with Crippen molar-refractivity contribution in [2.24, 2.45) is 5.92 Å². The number of rotatable bonds is 4. The van der Waals surface area contributed by atoms with Gasteiger partial charge in [-0.25, -0.2) is 0 Å². The molecule has 1 heterocycles. The van der Waals surface area contributed by atoms with Crippen molar-refractivity contribution in [1.29, 1.82) is 0 Å². The van der Waals surface area contributed by atoms with Crippen molar-refractivity contribution in [3.8, 4) is 0 Å². The monoisotopic (exact) mass is 440 g/mol. The predicted octanol–water partition coefficient (Wildman–Crippen LogP) is 5.32. The molecule has 0 aliphatic carbocycles. The van der Waals surface area contributed by atoms with Gasteiger partial charge in [-0.05, 0) is 61.3 Å². The summed E-state index contributed by atoms with van der Waals surface area (Å²) in [6.07, 6.45) is -2.68. The maximum atomic E-state index is 12.6. The molecule has 0 radical (unpaired) electrons. The van der Waals surface area contributed by atoms with Crippen molar-refractivity contribution in [3.05, 3.63) is 64.1 Å². The van der Waals surface area contributed by atoms with Gasteiger partial charge in [-0.15, -0.1) is 0 Å². The van der Waals surface area contributed by atoms with Crippen LogP contribution in [0.5, 0.6) is 0 Å². The van der Waals surface area contributed by atoms with Crippen LogP contribution in [0.1, 0.15) is 24.0 Å². The Kier molecular flexibility index (Phi) is 6.22. The Hall–Kier alpha value is -1.86. The molecule has 2 aromatic carbocycles. The van der Waals surface area contributed by atoms with Gasteiger partial charge in [0, 0.05) is 23.2 Å². The van der Waals surface area contributed by atoms with Crippen molar-refractivity contribution in [1.82, 2.24) is 4.90 Å². The Balaban J connectivity index is 1.57. The Morgan fingerprint density at radius 1 is 1.11 bits per heavy atom. The summed E-state index contributed by atoms with van der Waals surface area (Å²) in [7, 11) is 0. The van der Waals surface area contributed by atoms with Gasteiger partial charge in [0.05, 0.1) is 11.5 Å². The number of piperidine rings is 1. The molecule has 144 valence electrons. The summed E-state index contributed by atoms with van der Waals surface area (Å²) >= 11 is 3.42. The lowest BCUT2D eigenvalue weighted by atomic mass is 9.96. The van der Waals surface area contributed by atoms with Crippen molar-refractivity contribution >= 4 is 27.5 Å². The number of alkyl halides is 3. The number of carbonyl (C=O) groups is 1. The molecular weight excluding hydrogens is 421 g/mol. The SMILES string of the molecule is O=C(Nc1ccc(C(F)(F)F)cc1)C1CCCN(Cc2ccc(Br)cc2)C1. The lowest BCUT2D eigenvalue weighted by molar-refractivity contribution is -0.137. The molecule has 1 amide bonds. The van der Waals surface area contributed by atoms with E-state index in [2.05, 4.69) is 38.3 Å². The van der Waals surface area contributed by atoms with Gasteiger partial charge in [-0.2, -0.15) is 13.2 Å². The second-order valence-electron chi connectivity index (χ2n) is 6.77. The van der Waals surface area contributed by atoms with Crippen LogP contribution >= 0.6 is 15.9 Å². The Morgan fingerprint density at radius 3 is 2.41 bits per heavy atom. The van der Waals surface area contributed by atoms with Gasteiger partial charge in [0.2, 0.25) is 5.91 Å². The maximum Gasteiger partial charge on any atom is 0.416 e. The van der Waals surface area contributed by atoms with Crippen molar-refractivity contribution in [3.63, 3.8) is 0 Å². The van der Waals surface area contributed by atoms with Crippen molar-refractivity contribution in [2.75, 3.05) is 18.4 Å². The molecule has 0 aromatic heterocycles. The molecule has 1 fully saturated rings. The van der Waals surface area contributed by atoms with Crippen LogP contribution in [-0.4, -0.2) is 23.9 Å². The standard InChI is InChI=1S/C20H20BrF3N2O/c21-17-7-3-14(4-8-17)12-26-11-1-2-15(13-26)19(27)25-18-9-5-16(6-10-18)20(22,23)24/h3-10,15H,1-2,11-13H2,(H,25,27). The number of amides is 1. The van der Waals surface area contributed by atoms with Crippen LogP contribution in [0.4, 0.5) is 18.9 Å². The first-order valence-corrected chi connectivity index (χ1v) is 9.55. The molecule has 1 saturated heterocycles. The first kappa shape index (κ1) is 19.9. The predicted molar refractivity (Wildman–Crippen MR) is 102 cm³/mol. The highest BCUT2D eigenvalue weighted by molar-refractivity contribution is 9.10. The normalized spacial score (nSPS) is 18.3. The number of hydrogen-bond acceptors (Lipinski definition) is 2. The van der Waals surface area contributed by atoms with E-state index >= 15 is 0 Å². The zero-order valence-electron chi connectivity index (χ0n) is 14.6. The van der Waals surface area contributed by atoms with Crippen LogP contribution in [-0.2, 0) is 17.5 Å². The smallest absolute Gasteiger partial charge is 0.326 e. The number of likely N-dealkylation sites (tertiary alicyclic amines) is 1. The third kappa shape index (κ3) is 5.56. The number of hydrogen-bond donors (Lipinski definition) is 1. The molecule has 3 rings (SSSR count). The number of nitrogens with zero attached hydrogens (tertiary/aromatic N) is 1. The van der Waals surface area contributed by atoms with Gasteiger partial charge in [-0.1, -0.05) is 28.1 Å². The van der Waals surface area contributed by atoms with E-state index in [1.54, 1.807) is 0 Å². The fraction of sp³-hybridized carbons (Fsp3) is 0.350. The first-order valence-electron chi connectivity index (χ1n) is 8.76. The van der Waals surface area contributed by atoms with Crippen LogP contribution in [0.3, 0.4) is 0 Å². The molecule has 2 aromatic rings. The summed E-state index contributed by atoms with van der Waals surface area (Å²) in [6, 6.07) is 12.6. The second-order valence-corrected chi connectivity index (χ2v) is 7.68. The summed E-state index contributed by atoms with van der Waals surface area (Å²) < 4.78 is 38.9. The van der Waals surface area contributed by atoms with Crippen LogP contribution < -0.4 is 5.32 Å². The fourth-order valence-electron chi connectivity index (χ4n) is 3.25. The van der Waals surface area contributed by atoms with E-state index in [9.17, 15) is 18.0 Å². The van der Waals surface area contributed by atoms with Gasteiger partial charge in [-0.3, -0.25) is 9.69 Å². The molecule has 1 atom stereocenters. The van der Waals surface area contributed by atoms with Gasteiger partial charge < -0.3 is 5.32 Å². The van der Waals surface area contributed by atoms with E-state index in [1.165, 1.54) is 17.7 Å². The number of carbonyl (C=O) groups excluding carboxylic acids is 1. The Labute approximate surface area is 164 Å². The highest BCUT2D eigenvalue weighted by atomic mass is 79.9. The van der Waals surface area contributed by atoms with Gasteiger partial charge in [0.25, 0.3) is 0 Å². The van der Waals surface area contributed by atoms with E-state index in [1.807, 2.05) is 12.1 Å². The summed E-state index contributed by atoms with van der Waals surface area (Å²) in [5.74, 6) is -0.313. The molecule has 1 N–H and O–H groups in total. The number of anilines is 1. The Bertz CT molecular complexity index is 775. The third-order valence-corrected chi connectivity index (χ3v) is 5.20. The molecule has 27 heavy (non-hydrogen) atoms. The molecule has 1 aliphatic rings. The molecule has 3 nitrogen and oxygen atoms in total. The van der Waals surface area contributed by atoms with Crippen LogP contribution in [0.2, 0.25) is 0 Å². The molecule has 0 spiro atoms. The van der Waals surface area contributed by atoms with Gasteiger partial charge in [0.15, 0.2) is 0 Å². The average molecular weight is 441 g/mol. The molecule has 7 heteroatoms. The van der Waals surface area contributed by atoms with Gasteiger partial charge in [0.1, 0.15) is 0 Å². The summed E-state index contributed by atoms with van der Waals surface area (Å²) in [4.78, 5) is 14.8. The fourth-order valence-corrected chi connectivity index (χ4v) is 3.51.